The fourth-order valence-electron chi connectivity index (χ4n) is 3.96. The Kier molecular flexibility index (Phi) is 7.11. The average Bonchev–Trinajstić information content (AvgIpc) is 2.76. The van der Waals surface area contributed by atoms with Crippen molar-refractivity contribution in [2.75, 3.05) is 43.5 Å². The summed E-state index contributed by atoms with van der Waals surface area (Å²) in [7, 11) is 1.38. The first-order chi connectivity index (χ1) is 14.4. The summed E-state index contributed by atoms with van der Waals surface area (Å²) in [6, 6.07) is 13.8. The van der Waals surface area contributed by atoms with E-state index in [1.54, 1.807) is 12.1 Å². The highest BCUT2D eigenvalue weighted by Gasteiger charge is 2.26. The van der Waals surface area contributed by atoms with Crippen LogP contribution in [0, 0.1) is 6.92 Å². The maximum Gasteiger partial charge on any atom is 0.337 e. The second kappa shape index (κ2) is 9.76. The zero-order chi connectivity index (χ0) is 21.7. The Morgan fingerprint density at radius 2 is 1.87 bits per heavy atom. The molecule has 1 amide bonds. The second-order valence-electron chi connectivity index (χ2n) is 7.81. The number of anilines is 2. The van der Waals surface area contributed by atoms with Gasteiger partial charge in [-0.15, -0.1) is 0 Å². The molecule has 0 spiro atoms. The minimum absolute atomic E-state index is 0.0294. The SMILES string of the molecule is CCc1cccc(C)c1NC(=O)CN1CCN(c2ccc(C(=O)OC)cc2)CC1C. The molecule has 0 aromatic heterocycles. The van der Waals surface area contributed by atoms with Gasteiger partial charge in [0.05, 0.1) is 19.2 Å². The molecule has 0 bridgehead atoms. The molecule has 30 heavy (non-hydrogen) atoms. The van der Waals surface area contributed by atoms with Crippen LogP contribution >= 0.6 is 0 Å². The van der Waals surface area contributed by atoms with Crippen LogP contribution in [0.15, 0.2) is 42.5 Å². The summed E-state index contributed by atoms with van der Waals surface area (Å²) in [6.07, 6.45) is 0.890. The molecular formula is C24H31N3O3. The molecule has 0 aliphatic carbocycles. The standard InChI is InChI=1S/C24H31N3O3/c1-5-19-8-6-7-17(2)23(19)25-22(28)16-26-13-14-27(15-18(26)3)21-11-9-20(10-12-21)24(29)30-4/h6-12,18H,5,13-16H2,1-4H3,(H,25,28). The van der Waals surface area contributed by atoms with Crippen molar-refractivity contribution in [1.29, 1.82) is 0 Å². The van der Waals surface area contributed by atoms with E-state index in [4.69, 9.17) is 4.74 Å². The molecule has 1 unspecified atom stereocenters. The normalized spacial score (nSPS) is 16.9. The second-order valence-corrected chi connectivity index (χ2v) is 7.81. The number of nitrogens with one attached hydrogen (secondary N) is 1. The Labute approximate surface area is 178 Å². The van der Waals surface area contributed by atoms with E-state index in [0.717, 1.165) is 48.6 Å². The average molecular weight is 410 g/mol. The summed E-state index contributed by atoms with van der Waals surface area (Å²) < 4.78 is 4.76. The first kappa shape index (κ1) is 21.8. The fraction of sp³-hybridized carbons (Fsp3) is 0.417. The van der Waals surface area contributed by atoms with E-state index >= 15 is 0 Å². The molecular weight excluding hydrogens is 378 g/mol. The lowest BCUT2D eigenvalue weighted by atomic mass is 10.1. The first-order valence-corrected chi connectivity index (χ1v) is 10.5. The van der Waals surface area contributed by atoms with E-state index in [0.29, 0.717) is 12.1 Å². The molecule has 1 aliphatic rings. The molecule has 1 fully saturated rings. The number of benzene rings is 2. The van der Waals surface area contributed by atoms with Crippen molar-refractivity contribution in [3.63, 3.8) is 0 Å². The smallest absolute Gasteiger partial charge is 0.337 e. The first-order valence-electron chi connectivity index (χ1n) is 10.5. The number of rotatable bonds is 6. The summed E-state index contributed by atoms with van der Waals surface area (Å²) in [5.41, 5.74) is 4.83. The van der Waals surface area contributed by atoms with Crippen molar-refractivity contribution < 1.29 is 14.3 Å². The number of methoxy groups -OCH3 is 1. The van der Waals surface area contributed by atoms with E-state index in [1.165, 1.54) is 7.11 Å². The van der Waals surface area contributed by atoms with Crippen molar-refractivity contribution in [2.45, 2.75) is 33.2 Å². The third-order valence-corrected chi connectivity index (χ3v) is 5.77. The quantitative estimate of drug-likeness (QED) is 0.740. The van der Waals surface area contributed by atoms with E-state index in [1.807, 2.05) is 31.2 Å². The third kappa shape index (κ3) is 5.00. The van der Waals surface area contributed by atoms with E-state index in [2.05, 4.69) is 35.0 Å². The molecule has 2 aromatic carbocycles. The van der Waals surface area contributed by atoms with Gasteiger partial charge in [-0.25, -0.2) is 4.79 Å². The maximum atomic E-state index is 12.7. The maximum absolute atomic E-state index is 12.7. The van der Waals surface area contributed by atoms with E-state index < -0.39 is 0 Å². The largest absolute Gasteiger partial charge is 0.465 e. The zero-order valence-corrected chi connectivity index (χ0v) is 18.3. The van der Waals surface area contributed by atoms with Crippen LogP contribution in [0.4, 0.5) is 11.4 Å². The Bertz CT molecular complexity index is 895. The van der Waals surface area contributed by atoms with Gasteiger partial charge in [-0.1, -0.05) is 25.1 Å². The van der Waals surface area contributed by atoms with Gasteiger partial charge in [-0.3, -0.25) is 9.69 Å². The number of amides is 1. The Balaban J connectivity index is 1.58. The highest BCUT2D eigenvalue weighted by Crippen LogP contribution is 2.22. The molecule has 6 nitrogen and oxygen atoms in total. The van der Waals surface area contributed by atoms with Crippen LogP contribution in [0.5, 0.6) is 0 Å². The van der Waals surface area contributed by atoms with Crippen LogP contribution in [0.3, 0.4) is 0 Å². The van der Waals surface area contributed by atoms with Crippen molar-refractivity contribution in [3.8, 4) is 0 Å². The van der Waals surface area contributed by atoms with Crippen molar-refractivity contribution in [2.24, 2.45) is 0 Å². The van der Waals surface area contributed by atoms with Crippen LogP contribution in [0.25, 0.3) is 0 Å². The number of nitrogens with zero attached hydrogens (tertiary/aromatic N) is 2. The van der Waals surface area contributed by atoms with Gasteiger partial charge in [0.25, 0.3) is 0 Å². The molecule has 1 N–H and O–H groups in total. The minimum Gasteiger partial charge on any atom is -0.465 e. The lowest BCUT2D eigenvalue weighted by Crippen LogP contribution is -2.53. The zero-order valence-electron chi connectivity index (χ0n) is 18.3. The molecule has 0 saturated carbocycles. The molecule has 1 atom stereocenters. The van der Waals surface area contributed by atoms with Gasteiger partial charge in [-0.05, 0) is 55.7 Å². The fourth-order valence-corrected chi connectivity index (χ4v) is 3.96. The Morgan fingerprint density at radius 3 is 2.50 bits per heavy atom. The van der Waals surface area contributed by atoms with Crippen LogP contribution in [0.1, 0.15) is 35.3 Å². The number of piperazine rings is 1. The molecule has 6 heteroatoms. The number of esters is 1. The topological polar surface area (TPSA) is 61.9 Å². The van der Waals surface area contributed by atoms with Gasteiger partial charge >= 0.3 is 5.97 Å². The number of aryl methyl sites for hydroxylation is 2. The van der Waals surface area contributed by atoms with Gasteiger partial charge in [-0.2, -0.15) is 0 Å². The number of para-hydroxylation sites is 1. The highest BCUT2D eigenvalue weighted by atomic mass is 16.5. The number of carbonyl (C=O) groups is 2. The number of hydrogen-bond donors (Lipinski definition) is 1. The summed E-state index contributed by atoms with van der Waals surface area (Å²) in [5.74, 6) is -0.299. The highest BCUT2D eigenvalue weighted by molar-refractivity contribution is 5.94. The summed E-state index contributed by atoms with van der Waals surface area (Å²) in [4.78, 5) is 28.8. The van der Waals surface area contributed by atoms with E-state index in [-0.39, 0.29) is 17.9 Å². The molecule has 1 aliphatic heterocycles. The van der Waals surface area contributed by atoms with Gasteiger partial charge in [0.15, 0.2) is 0 Å². The van der Waals surface area contributed by atoms with Gasteiger partial charge < -0.3 is 15.0 Å². The predicted octanol–water partition coefficient (Wildman–Crippen LogP) is 3.49. The summed E-state index contributed by atoms with van der Waals surface area (Å²) >= 11 is 0. The van der Waals surface area contributed by atoms with Gasteiger partial charge in [0.2, 0.25) is 5.91 Å². The third-order valence-electron chi connectivity index (χ3n) is 5.77. The molecule has 1 saturated heterocycles. The van der Waals surface area contributed by atoms with Gasteiger partial charge in [0, 0.05) is 37.1 Å². The van der Waals surface area contributed by atoms with Gasteiger partial charge in [0.1, 0.15) is 0 Å². The monoisotopic (exact) mass is 409 g/mol. The number of ether oxygens (including phenoxy) is 1. The lowest BCUT2D eigenvalue weighted by molar-refractivity contribution is -0.117. The molecule has 2 aromatic rings. The lowest BCUT2D eigenvalue weighted by Gasteiger charge is -2.40. The Morgan fingerprint density at radius 1 is 1.13 bits per heavy atom. The van der Waals surface area contributed by atoms with Crippen LogP contribution < -0.4 is 10.2 Å². The molecule has 3 rings (SSSR count). The van der Waals surface area contributed by atoms with Crippen molar-refractivity contribution in [3.05, 3.63) is 59.2 Å². The molecule has 1 heterocycles. The molecule has 160 valence electrons. The van der Waals surface area contributed by atoms with Crippen molar-refractivity contribution >= 4 is 23.3 Å². The minimum atomic E-state index is -0.328. The molecule has 0 radical (unpaired) electrons. The summed E-state index contributed by atoms with van der Waals surface area (Å²) in [5, 5.41) is 3.12. The van der Waals surface area contributed by atoms with Crippen LogP contribution in [-0.2, 0) is 16.0 Å². The Hall–Kier alpha value is -2.86. The van der Waals surface area contributed by atoms with Crippen molar-refractivity contribution in [1.82, 2.24) is 4.90 Å². The van der Waals surface area contributed by atoms with Crippen LogP contribution in [0.2, 0.25) is 0 Å². The van der Waals surface area contributed by atoms with Crippen LogP contribution in [-0.4, -0.2) is 56.1 Å². The number of carbonyl (C=O) groups excluding carboxylic acids is 2. The van der Waals surface area contributed by atoms with E-state index in [9.17, 15) is 9.59 Å². The predicted molar refractivity (Wildman–Crippen MR) is 120 cm³/mol. The summed E-state index contributed by atoms with van der Waals surface area (Å²) in [6.45, 7) is 9.13. The number of hydrogen-bond acceptors (Lipinski definition) is 5.